The van der Waals surface area contributed by atoms with Crippen molar-refractivity contribution in [3.05, 3.63) is 60.9 Å². The maximum absolute atomic E-state index is 12.3. The van der Waals surface area contributed by atoms with Crippen molar-refractivity contribution in [2.45, 2.75) is 0 Å². The molecule has 0 spiro atoms. The van der Waals surface area contributed by atoms with Gasteiger partial charge in [-0.2, -0.15) is 0 Å². The number of nitrogens with one attached hydrogen (secondary N) is 1. The summed E-state index contributed by atoms with van der Waals surface area (Å²) in [4.78, 5) is 23.3. The van der Waals surface area contributed by atoms with Crippen molar-refractivity contribution in [1.82, 2.24) is 0 Å². The number of carbonyl (C=O) groups is 2. The Kier molecular flexibility index (Phi) is 5.18. The standard InChI is InChI=1S/C14H8Br3NO3/c15-8-1-2-12(17)11(6-8)13(19)18-10-4-7(14(20)21)3-9(16)5-10/h1-6H,(H,18,19)(H,20,21). The lowest BCUT2D eigenvalue weighted by Gasteiger charge is -2.09. The van der Waals surface area contributed by atoms with E-state index in [0.29, 0.717) is 20.2 Å². The average Bonchev–Trinajstić information content (AvgIpc) is 2.40. The predicted octanol–water partition coefficient (Wildman–Crippen LogP) is 4.92. The molecule has 2 N–H and O–H groups in total. The predicted molar refractivity (Wildman–Crippen MR) is 90.9 cm³/mol. The fourth-order valence-electron chi connectivity index (χ4n) is 1.66. The molecule has 0 aliphatic carbocycles. The lowest BCUT2D eigenvalue weighted by molar-refractivity contribution is 0.0696. The van der Waals surface area contributed by atoms with Crippen LogP contribution in [0.25, 0.3) is 0 Å². The first-order valence-corrected chi connectivity index (χ1v) is 8.05. The van der Waals surface area contributed by atoms with Gasteiger partial charge in [-0.25, -0.2) is 4.79 Å². The number of rotatable bonds is 3. The molecule has 0 heterocycles. The summed E-state index contributed by atoms with van der Waals surface area (Å²) in [5.41, 5.74) is 0.938. The Labute approximate surface area is 145 Å². The second-order valence-corrected chi connectivity index (χ2v) is 6.80. The SMILES string of the molecule is O=C(O)c1cc(Br)cc(NC(=O)c2cc(Br)ccc2Br)c1. The van der Waals surface area contributed by atoms with Crippen LogP contribution in [0.15, 0.2) is 49.8 Å². The zero-order valence-corrected chi connectivity index (χ0v) is 15.1. The highest BCUT2D eigenvalue weighted by molar-refractivity contribution is 9.11. The molecule has 0 bridgehead atoms. The summed E-state index contributed by atoms with van der Waals surface area (Å²) >= 11 is 9.84. The summed E-state index contributed by atoms with van der Waals surface area (Å²) in [6, 6.07) is 9.74. The zero-order valence-electron chi connectivity index (χ0n) is 10.4. The minimum atomic E-state index is -1.06. The number of benzene rings is 2. The molecule has 0 aliphatic heterocycles. The third kappa shape index (κ3) is 4.15. The minimum Gasteiger partial charge on any atom is -0.478 e. The second-order valence-electron chi connectivity index (χ2n) is 4.11. The normalized spacial score (nSPS) is 10.2. The fourth-order valence-corrected chi connectivity index (χ4v) is 2.94. The summed E-state index contributed by atoms with van der Waals surface area (Å²) in [6.07, 6.45) is 0. The molecule has 0 aliphatic rings. The van der Waals surface area contributed by atoms with Crippen LogP contribution >= 0.6 is 47.8 Å². The van der Waals surface area contributed by atoms with E-state index >= 15 is 0 Å². The molecule has 2 aromatic rings. The summed E-state index contributed by atoms with van der Waals surface area (Å²) in [6.45, 7) is 0. The summed E-state index contributed by atoms with van der Waals surface area (Å²) < 4.78 is 2.00. The molecule has 0 radical (unpaired) electrons. The van der Waals surface area contributed by atoms with Gasteiger partial charge in [0.15, 0.2) is 0 Å². The van der Waals surface area contributed by atoms with Crippen molar-refractivity contribution < 1.29 is 14.7 Å². The number of hydrogen-bond acceptors (Lipinski definition) is 2. The number of halogens is 3. The minimum absolute atomic E-state index is 0.0907. The molecule has 0 saturated heterocycles. The quantitative estimate of drug-likeness (QED) is 0.659. The van der Waals surface area contributed by atoms with Crippen LogP contribution in [-0.4, -0.2) is 17.0 Å². The van der Waals surface area contributed by atoms with E-state index in [2.05, 4.69) is 53.1 Å². The van der Waals surface area contributed by atoms with Gasteiger partial charge < -0.3 is 10.4 Å². The molecule has 0 aromatic heterocycles. The van der Waals surface area contributed by atoms with Crippen LogP contribution in [-0.2, 0) is 0 Å². The van der Waals surface area contributed by atoms with Gasteiger partial charge >= 0.3 is 5.97 Å². The van der Waals surface area contributed by atoms with E-state index in [9.17, 15) is 9.59 Å². The first-order valence-electron chi connectivity index (χ1n) is 5.67. The number of carbonyl (C=O) groups excluding carboxylic acids is 1. The Morgan fingerprint density at radius 1 is 0.952 bits per heavy atom. The van der Waals surface area contributed by atoms with E-state index in [1.165, 1.54) is 12.1 Å². The highest BCUT2D eigenvalue weighted by Gasteiger charge is 2.13. The second kappa shape index (κ2) is 6.72. The van der Waals surface area contributed by atoms with E-state index < -0.39 is 5.97 Å². The van der Waals surface area contributed by atoms with Crippen molar-refractivity contribution in [2.24, 2.45) is 0 Å². The zero-order chi connectivity index (χ0) is 15.6. The number of anilines is 1. The molecular formula is C14H8Br3NO3. The van der Waals surface area contributed by atoms with Gasteiger partial charge in [0, 0.05) is 19.1 Å². The van der Waals surface area contributed by atoms with Gasteiger partial charge in [0.25, 0.3) is 5.91 Å². The summed E-state index contributed by atoms with van der Waals surface area (Å²) in [7, 11) is 0. The van der Waals surface area contributed by atoms with Gasteiger partial charge in [-0.3, -0.25) is 4.79 Å². The monoisotopic (exact) mass is 475 g/mol. The van der Waals surface area contributed by atoms with E-state index in [4.69, 9.17) is 5.11 Å². The smallest absolute Gasteiger partial charge is 0.335 e. The van der Waals surface area contributed by atoms with Crippen LogP contribution in [0, 0.1) is 0 Å². The average molecular weight is 478 g/mol. The Morgan fingerprint density at radius 3 is 2.33 bits per heavy atom. The van der Waals surface area contributed by atoms with Gasteiger partial charge in [0.05, 0.1) is 11.1 Å². The van der Waals surface area contributed by atoms with E-state index in [0.717, 1.165) is 4.47 Å². The Hall–Kier alpha value is -1.18. The lowest BCUT2D eigenvalue weighted by Crippen LogP contribution is -2.13. The van der Waals surface area contributed by atoms with Gasteiger partial charge in [0.1, 0.15) is 0 Å². The molecule has 0 atom stereocenters. The van der Waals surface area contributed by atoms with Crippen LogP contribution in [0.4, 0.5) is 5.69 Å². The van der Waals surface area contributed by atoms with Crippen LogP contribution in [0.2, 0.25) is 0 Å². The fraction of sp³-hybridized carbons (Fsp3) is 0. The number of aromatic carboxylic acids is 1. The molecule has 4 nitrogen and oxygen atoms in total. The van der Waals surface area contributed by atoms with Gasteiger partial charge in [-0.05, 0) is 52.3 Å². The molecule has 2 rings (SSSR count). The van der Waals surface area contributed by atoms with E-state index in [1.807, 2.05) is 6.07 Å². The Morgan fingerprint density at radius 2 is 1.67 bits per heavy atom. The molecule has 108 valence electrons. The van der Waals surface area contributed by atoms with E-state index in [-0.39, 0.29) is 11.5 Å². The third-order valence-corrected chi connectivity index (χ3v) is 4.22. The molecule has 2 aromatic carbocycles. The highest BCUT2D eigenvalue weighted by atomic mass is 79.9. The third-order valence-electron chi connectivity index (χ3n) is 2.58. The first-order chi connectivity index (χ1) is 9.86. The van der Waals surface area contributed by atoms with Crippen molar-refractivity contribution in [2.75, 3.05) is 5.32 Å². The van der Waals surface area contributed by atoms with Gasteiger partial charge in [-0.15, -0.1) is 0 Å². The highest BCUT2D eigenvalue weighted by Crippen LogP contribution is 2.24. The lowest BCUT2D eigenvalue weighted by atomic mass is 10.1. The molecule has 0 saturated carbocycles. The van der Waals surface area contributed by atoms with Crippen LogP contribution in [0.5, 0.6) is 0 Å². The molecule has 0 fully saturated rings. The number of carboxylic acid groups (broad SMARTS) is 1. The van der Waals surface area contributed by atoms with Crippen molar-refractivity contribution in [3.63, 3.8) is 0 Å². The first kappa shape index (κ1) is 16.2. The molecule has 0 unspecified atom stereocenters. The Bertz CT molecular complexity index is 731. The maximum Gasteiger partial charge on any atom is 0.335 e. The molecule has 7 heteroatoms. The van der Waals surface area contributed by atoms with Gasteiger partial charge in [0.2, 0.25) is 0 Å². The van der Waals surface area contributed by atoms with Crippen LogP contribution in [0.1, 0.15) is 20.7 Å². The summed E-state index contributed by atoms with van der Waals surface area (Å²) in [5, 5.41) is 11.7. The molecule has 21 heavy (non-hydrogen) atoms. The molecular weight excluding hydrogens is 470 g/mol. The van der Waals surface area contributed by atoms with Gasteiger partial charge in [-0.1, -0.05) is 31.9 Å². The topological polar surface area (TPSA) is 66.4 Å². The van der Waals surface area contributed by atoms with Crippen molar-refractivity contribution >= 4 is 65.4 Å². The van der Waals surface area contributed by atoms with Crippen molar-refractivity contribution in [3.8, 4) is 0 Å². The number of hydrogen-bond donors (Lipinski definition) is 2. The van der Waals surface area contributed by atoms with Crippen LogP contribution < -0.4 is 5.32 Å². The van der Waals surface area contributed by atoms with Crippen molar-refractivity contribution in [1.29, 1.82) is 0 Å². The number of carboxylic acids is 1. The number of amides is 1. The summed E-state index contributed by atoms with van der Waals surface area (Å²) in [5.74, 6) is -1.40. The molecule has 1 amide bonds. The Balaban J connectivity index is 2.31. The largest absolute Gasteiger partial charge is 0.478 e. The van der Waals surface area contributed by atoms with E-state index in [1.54, 1.807) is 18.2 Å². The van der Waals surface area contributed by atoms with Crippen LogP contribution in [0.3, 0.4) is 0 Å². The maximum atomic E-state index is 12.3.